The van der Waals surface area contributed by atoms with Crippen LogP contribution in [0.2, 0.25) is 0 Å². The van der Waals surface area contributed by atoms with Gasteiger partial charge >= 0.3 is 11.9 Å². The first-order valence-electron chi connectivity index (χ1n) is 15.2. The van der Waals surface area contributed by atoms with Crippen molar-refractivity contribution in [3.63, 3.8) is 0 Å². The van der Waals surface area contributed by atoms with E-state index in [1.54, 1.807) is 4.90 Å². The molecule has 17 nitrogen and oxygen atoms in total. The highest BCUT2D eigenvalue weighted by Gasteiger charge is 2.24. The summed E-state index contributed by atoms with van der Waals surface area (Å²) in [4.78, 5) is 59.8. The molecule has 3 amide bonds. The summed E-state index contributed by atoms with van der Waals surface area (Å²) in [6, 6.07) is 0. The van der Waals surface area contributed by atoms with Gasteiger partial charge in [0.25, 0.3) is 11.8 Å². The first kappa shape index (κ1) is 41.0. The molecule has 0 aromatic carbocycles. The fourth-order valence-corrected chi connectivity index (χ4v) is 3.57. The Balaban J connectivity index is 2.17. The molecule has 0 fully saturated rings. The number of carboxylic acids is 2. The highest BCUT2D eigenvalue weighted by molar-refractivity contribution is 6.13. The third-order valence-corrected chi connectivity index (χ3v) is 5.97. The summed E-state index contributed by atoms with van der Waals surface area (Å²) >= 11 is 0. The Labute approximate surface area is 268 Å². The molecule has 0 saturated heterocycles. The summed E-state index contributed by atoms with van der Waals surface area (Å²) in [5.41, 5.74) is 0. The minimum absolute atomic E-state index is 0.0174. The van der Waals surface area contributed by atoms with Crippen LogP contribution in [0.15, 0.2) is 12.2 Å². The van der Waals surface area contributed by atoms with E-state index in [-0.39, 0.29) is 71.2 Å². The molecule has 0 aromatic rings. The summed E-state index contributed by atoms with van der Waals surface area (Å²) in [5, 5.41) is 17.1. The molecule has 0 atom stereocenters. The second-order valence-corrected chi connectivity index (χ2v) is 9.48. The number of aliphatic carboxylic acids is 2. The van der Waals surface area contributed by atoms with Gasteiger partial charge in [-0.3, -0.25) is 28.9 Å². The van der Waals surface area contributed by atoms with Crippen LogP contribution in [0.3, 0.4) is 0 Å². The van der Waals surface area contributed by atoms with E-state index < -0.39 is 23.8 Å². The molecule has 0 spiro atoms. The van der Waals surface area contributed by atoms with Gasteiger partial charge in [0.05, 0.1) is 119 Å². The maximum Gasteiger partial charge on any atom is 0.305 e. The van der Waals surface area contributed by atoms with Crippen LogP contribution >= 0.6 is 0 Å². The summed E-state index contributed by atoms with van der Waals surface area (Å²) < 4.78 is 42.9. The number of imide groups is 1. The minimum Gasteiger partial charge on any atom is -0.481 e. The van der Waals surface area contributed by atoms with Crippen LogP contribution in [-0.4, -0.2) is 175 Å². The molecule has 0 saturated carbocycles. The lowest BCUT2D eigenvalue weighted by Crippen LogP contribution is -2.40. The average Bonchev–Trinajstić information content (AvgIpc) is 3.34. The van der Waals surface area contributed by atoms with Crippen LogP contribution in [-0.2, 0) is 61.9 Å². The van der Waals surface area contributed by atoms with Gasteiger partial charge in [-0.15, -0.1) is 0 Å². The van der Waals surface area contributed by atoms with Crippen molar-refractivity contribution in [1.29, 1.82) is 0 Å². The van der Waals surface area contributed by atoms with E-state index in [0.717, 1.165) is 4.90 Å². The van der Waals surface area contributed by atoms with E-state index in [1.807, 2.05) is 0 Å². The van der Waals surface area contributed by atoms with Gasteiger partial charge in [0.2, 0.25) is 5.91 Å². The van der Waals surface area contributed by atoms with Crippen LogP contribution in [0, 0.1) is 0 Å². The standard InChI is InChI=1S/C29H48N2O15/c32-25(3-6-31-26(33)1-2-27(31)34)30(7-11-41-15-19-45-23-21-43-17-13-39-9-4-28(35)36)8-12-42-16-20-46-24-22-44-18-14-40-10-5-29(37)38/h1-2H,3-24H2,(H,35,36)(H,37,38). The fraction of sp³-hybridized carbons (Fsp3) is 0.759. The van der Waals surface area contributed by atoms with Gasteiger partial charge in [0, 0.05) is 38.2 Å². The van der Waals surface area contributed by atoms with E-state index in [4.69, 9.17) is 48.1 Å². The fourth-order valence-electron chi connectivity index (χ4n) is 3.57. The lowest BCUT2D eigenvalue weighted by atomic mass is 10.3. The molecule has 1 aliphatic rings. The van der Waals surface area contributed by atoms with Crippen LogP contribution in [0.4, 0.5) is 0 Å². The molecule has 0 aromatic heterocycles. The average molecular weight is 665 g/mol. The Hall–Kier alpha value is -3.03. The molecule has 0 radical (unpaired) electrons. The molecule has 264 valence electrons. The van der Waals surface area contributed by atoms with E-state index >= 15 is 0 Å². The quantitative estimate of drug-likeness (QED) is 0.0652. The molecular weight excluding hydrogens is 616 g/mol. The maximum atomic E-state index is 12.9. The Morgan fingerprint density at radius 2 is 0.804 bits per heavy atom. The Morgan fingerprint density at radius 1 is 0.500 bits per heavy atom. The molecule has 1 aliphatic heterocycles. The number of ether oxygens (including phenoxy) is 8. The highest BCUT2D eigenvalue weighted by Crippen LogP contribution is 2.06. The molecular formula is C29H48N2O15. The van der Waals surface area contributed by atoms with Crippen molar-refractivity contribution in [2.45, 2.75) is 19.3 Å². The number of hydrogen-bond acceptors (Lipinski definition) is 13. The highest BCUT2D eigenvalue weighted by atomic mass is 16.6. The van der Waals surface area contributed by atoms with Crippen LogP contribution in [0.25, 0.3) is 0 Å². The molecule has 0 bridgehead atoms. The largest absolute Gasteiger partial charge is 0.481 e. The number of nitrogens with zero attached hydrogens (tertiary/aromatic N) is 2. The van der Waals surface area contributed by atoms with Crippen molar-refractivity contribution in [2.75, 3.05) is 125 Å². The third kappa shape index (κ3) is 23.3. The Morgan fingerprint density at radius 3 is 1.13 bits per heavy atom. The van der Waals surface area contributed by atoms with Crippen molar-refractivity contribution >= 4 is 29.7 Å². The van der Waals surface area contributed by atoms with Gasteiger partial charge in [-0.05, 0) is 0 Å². The van der Waals surface area contributed by atoms with E-state index in [2.05, 4.69) is 0 Å². The van der Waals surface area contributed by atoms with Crippen LogP contribution in [0.5, 0.6) is 0 Å². The first-order valence-corrected chi connectivity index (χ1v) is 15.2. The van der Waals surface area contributed by atoms with Crippen molar-refractivity contribution in [2.24, 2.45) is 0 Å². The Bertz CT molecular complexity index is 842. The zero-order chi connectivity index (χ0) is 33.7. The third-order valence-electron chi connectivity index (χ3n) is 5.97. The molecule has 2 N–H and O–H groups in total. The summed E-state index contributed by atoms with van der Waals surface area (Å²) in [6.07, 6.45) is 2.23. The molecule has 46 heavy (non-hydrogen) atoms. The van der Waals surface area contributed by atoms with Crippen molar-refractivity contribution in [3.8, 4) is 0 Å². The van der Waals surface area contributed by atoms with Gasteiger partial charge in [-0.1, -0.05) is 0 Å². The number of carboxylic acid groups (broad SMARTS) is 2. The van der Waals surface area contributed by atoms with Gasteiger partial charge < -0.3 is 53.0 Å². The molecule has 0 unspecified atom stereocenters. The normalized spacial score (nSPS) is 12.7. The lowest BCUT2D eigenvalue weighted by molar-refractivity contribution is -0.140. The monoisotopic (exact) mass is 664 g/mol. The lowest BCUT2D eigenvalue weighted by Gasteiger charge is -2.24. The molecule has 1 rings (SSSR count). The van der Waals surface area contributed by atoms with Gasteiger partial charge in [0.15, 0.2) is 0 Å². The molecule has 17 heteroatoms. The zero-order valence-electron chi connectivity index (χ0n) is 26.3. The predicted octanol–water partition coefficient (Wildman–Crippen LogP) is -0.788. The minimum atomic E-state index is -0.912. The van der Waals surface area contributed by atoms with Gasteiger partial charge in [-0.2, -0.15) is 0 Å². The van der Waals surface area contributed by atoms with Crippen molar-refractivity contribution < 1.29 is 72.1 Å². The number of carbonyl (C=O) groups excluding carboxylic acids is 3. The van der Waals surface area contributed by atoms with Crippen LogP contribution in [0.1, 0.15) is 19.3 Å². The predicted molar refractivity (Wildman–Crippen MR) is 158 cm³/mol. The van der Waals surface area contributed by atoms with Gasteiger partial charge in [0.1, 0.15) is 0 Å². The number of carbonyl (C=O) groups is 5. The Kier molecular flexibility index (Phi) is 25.1. The number of hydrogen-bond donors (Lipinski definition) is 2. The van der Waals surface area contributed by atoms with Gasteiger partial charge in [-0.25, -0.2) is 0 Å². The van der Waals surface area contributed by atoms with E-state index in [0.29, 0.717) is 79.3 Å². The maximum absolute atomic E-state index is 12.9. The first-order chi connectivity index (χ1) is 22.3. The van der Waals surface area contributed by atoms with E-state index in [1.165, 1.54) is 12.2 Å². The van der Waals surface area contributed by atoms with Crippen molar-refractivity contribution in [1.82, 2.24) is 9.80 Å². The topological polar surface area (TPSA) is 206 Å². The smallest absolute Gasteiger partial charge is 0.305 e. The summed E-state index contributed by atoms with van der Waals surface area (Å²) in [7, 11) is 0. The molecule has 1 heterocycles. The second kappa shape index (κ2) is 28.2. The SMILES string of the molecule is O=C(O)CCOCCOCCOCCOCCN(CCOCCOCCOCCOCCC(=O)O)C(=O)CCN1C(=O)C=CC1=O. The molecule has 0 aliphatic carbocycles. The van der Waals surface area contributed by atoms with E-state index in [9.17, 15) is 24.0 Å². The number of rotatable bonds is 33. The summed E-state index contributed by atoms with van der Waals surface area (Å²) in [6.45, 7) is 5.27. The zero-order valence-corrected chi connectivity index (χ0v) is 26.3. The number of amides is 3. The van der Waals surface area contributed by atoms with Crippen LogP contribution < -0.4 is 0 Å². The second-order valence-electron chi connectivity index (χ2n) is 9.48. The van der Waals surface area contributed by atoms with Crippen molar-refractivity contribution in [3.05, 3.63) is 12.2 Å². The summed E-state index contributed by atoms with van der Waals surface area (Å²) in [5.74, 6) is -2.96.